The molecule has 1 aliphatic rings. The molecule has 2 rings (SSSR count). The van der Waals surface area contributed by atoms with Crippen molar-refractivity contribution in [1.82, 2.24) is 9.55 Å². The lowest BCUT2D eigenvalue weighted by atomic mass is 10.2. The minimum atomic E-state index is -0.476. The zero-order chi connectivity index (χ0) is 9.42. The average Bonchev–Trinajstić information content (AvgIpc) is 2.49. The highest BCUT2D eigenvalue weighted by atomic mass is 16.1. The number of nitrogens with two attached hydrogens (primary N) is 1. The normalized spacial score (nSPS) is 20.5. The number of nitrogens with zero attached hydrogens (tertiary/aromatic N) is 2. The van der Waals surface area contributed by atoms with E-state index in [9.17, 15) is 4.79 Å². The van der Waals surface area contributed by atoms with Crippen LogP contribution in [0.15, 0.2) is 6.20 Å². The maximum Gasteiger partial charge on any atom is 0.268 e. The molecule has 1 aromatic rings. The Bertz CT molecular complexity index is 344. The summed E-state index contributed by atoms with van der Waals surface area (Å²) in [6.07, 6.45) is 2.75. The van der Waals surface area contributed by atoms with Crippen molar-refractivity contribution in [3.05, 3.63) is 11.9 Å². The summed E-state index contributed by atoms with van der Waals surface area (Å²) < 4.78 is 1.95. The Morgan fingerprint density at radius 3 is 3.23 bits per heavy atom. The summed E-state index contributed by atoms with van der Waals surface area (Å²) >= 11 is 0. The zero-order valence-electron chi connectivity index (χ0n) is 7.45. The standard InChI is InChI=1S/C8H12N4O/c1-5-2-3-10-8-11-6(7(9)13)4-12(5)8/h4-5H,2-3H2,1H3,(H2,9,13)(H,10,11). The number of hydrogen-bond acceptors (Lipinski definition) is 3. The van der Waals surface area contributed by atoms with Crippen molar-refractivity contribution in [2.75, 3.05) is 11.9 Å². The fourth-order valence-electron chi connectivity index (χ4n) is 1.51. The minimum absolute atomic E-state index is 0.330. The number of anilines is 1. The molecule has 5 heteroatoms. The van der Waals surface area contributed by atoms with E-state index in [2.05, 4.69) is 17.2 Å². The van der Waals surface area contributed by atoms with Crippen LogP contribution in [-0.2, 0) is 0 Å². The van der Waals surface area contributed by atoms with E-state index in [-0.39, 0.29) is 0 Å². The first-order valence-corrected chi connectivity index (χ1v) is 4.31. The maximum absolute atomic E-state index is 10.8. The van der Waals surface area contributed by atoms with Crippen molar-refractivity contribution < 1.29 is 4.79 Å². The van der Waals surface area contributed by atoms with Gasteiger partial charge in [0.05, 0.1) is 0 Å². The first-order chi connectivity index (χ1) is 6.18. The van der Waals surface area contributed by atoms with E-state index in [1.807, 2.05) is 4.57 Å². The molecule has 0 aliphatic carbocycles. The number of fused-ring (bicyclic) bond motifs is 1. The van der Waals surface area contributed by atoms with E-state index in [1.165, 1.54) is 0 Å². The van der Waals surface area contributed by atoms with E-state index < -0.39 is 5.91 Å². The molecule has 2 heterocycles. The quantitative estimate of drug-likeness (QED) is 0.655. The molecule has 0 radical (unpaired) electrons. The molecule has 13 heavy (non-hydrogen) atoms. The third-order valence-electron chi connectivity index (χ3n) is 2.30. The number of nitrogens with one attached hydrogen (secondary N) is 1. The highest BCUT2D eigenvalue weighted by Gasteiger charge is 2.18. The number of aromatic nitrogens is 2. The Kier molecular flexibility index (Phi) is 1.72. The number of imidazole rings is 1. The lowest BCUT2D eigenvalue weighted by Gasteiger charge is -2.22. The molecule has 0 saturated carbocycles. The van der Waals surface area contributed by atoms with Gasteiger partial charge < -0.3 is 15.6 Å². The fourth-order valence-corrected chi connectivity index (χ4v) is 1.51. The summed E-state index contributed by atoms with van der Waals surface area (Å²) in [7, 11) is 0. The van der Waals surface area contributed by atoms with Crippen molar-refractivity contribution in [2.24, 2.45) is 5.73 Å². The van der Waals surface area contributed by atoms with Crippen LogP contribution in [0.4, 0.5) is 5.95 Å². The first-order valence-electron chi connectivity index (χ1n) is 4.31. The molecule has 1 unspecified atom stereocenters. The molecule has 1 atom stereocenters. The molecule has 1 aliphatic heterocycles. The molecule has 1 amide bonds. The predicted molar refractivity (Wildman–Crippen MR) is 48.6 cm³/mol. The zero-order valence-corrected chi connectivity index (χ0v) is 7.45. The van der Waals surface area contributed by atoms with E-state index in [1.54, 1.807) is 6.20 Å². The Hall–Kier alpha value is -1.52. The molecule has 1 aromatic heterocycles. The number of carbonyl (C=O) groups is 1. The molecular formula is C8H12N4O. The van der Waals surface area contributed by atoms with Gasteiger partial charge in [-0.05, 0) is 13.3 Å². The minimum Gasteiger partial charge on any atom is -0.364 e. The number of hydrogen-bond donors (Lipinski definition) is 2. The third-order valence-corrected chi connectivity index (χ3v) is 2.30. The van der Waals surface area contributed by atoms with Crippen molar-refractivity contribution in [3.63, 3.8) is 0 Å². The van der Waals surface area contributed by atoms with Gasteiger partial charge in [-0.15, -0.1) is 0 Å². The lowest BCUT2D eigenvalue weighted by Crippen LogP contribution is -2.20. The smallest absolute Gasteiger partial charge is 0.268 e. The summed E-state index contributed by atoms with van der Waals surface area (Å²) in [4.78, 5) is 14.9. The van der Waals surface area contributed by atoms with Gasteiger partial charge in [-0.25, -0.2) is 4.98 Å². The van der Waals surface area contributed by atoms with E-state index in [4.69, 9.17) is 5.73 Å². The Balaban J connectivity index is 2.42. The Morgan fingerprint density at radius 1 is 1.85 bits per heavy atom. The molecule has 5 nitrogen and oxygen atoms in total. The van der Waals surface area contributed by atoms with E-state index in [0.717, 1.165) is 18.9 Å². The van der Waals surface area contributed by atoms with Crippen LogP contribution in [0.25, 0.3) is 0 Å². The van der Waals surface area contributed by atoms with Gasteiger partial charge >= 0.3 is 0 Å². The van der Waals surface area contributed by atoms with Gasteiger partial charge in [0.15, 0.2) is 0 Å². The monoisotopic (exact) mass is 180 g/mol. The van der Waals surface area contributed by atoms with Gasteiger partial charge in [0.25, 0.3) is 5.91 Å². The summed E-state index contributed by atoms with van der Waals surface area (Å²) in [5.74, 6) is 0.267. The molecule has 3 N–H and O–H groups in total. The third kappa shape index (κ3) is 1.26. The van der Waals surface area contributed by atoms with Crippen molar-refractivity contribution in [2.45, 2.75) is 19.4 Å². The molecule has 0 aromatic carbocycles. The van der Waals surface area contributed by atoms with Gasteiger partial charge in [0, 0.05) is 18.8 Å². The van der Waals surface area contributed by atoms with Crippen LogP contribution in [-0.4, -0.2) is 22.0 Å². The maximum atomic E-state index is 10.8. The van der Waals surface area contributed by atoms with Gasteiger partial charge in [-0.1, -0.05) is 0 Å². The van der Waals surface area contributed by atoms with Gasteiger partial charge in [0.1, 0.15) is 5.69 Å². The molecule has 0 saturated heterocycles. The van der Waals surface area contributed by atoms with Gasteiger partial charge in [-0.2, -0.15) is 0 Å². The number of amides is 1. The second-order valence-electron chi connectivity index (χ2n) is 3.29. The van der Waals surface area contributed by atoms with Crippen LogP contribution in [0.5, 0.6) is 0 Å². The highest BCUT2D eigenvalue weighted by Crippen LogP contribution is 2.22. The van der Waals surface area contributed by atoms with E-state index in [0.29, 0.717) is 11.7 Å². The molecule has 0 bridgehead atoms. The summed E-state index contributed by atoms with van der Waals surface area (Å²) in [5, 5.41) is 3.11. The first kappa shape index (κ1) is 8.10. The van der Waals surface area contributed by atoms with E-state index >= 15 is 0 Å². The Labute approximate surface area is 75.9 Å². The Morgan fingerprint density at radius 2 is 2.62 bits per heavy atom. The number of rotatable bonds is 1. The number of carbonyl (C=O) groups excluding carboxylic acids is 1. The highest BCUT2D eigenvalue weighted by molar-refractivity contribution is 5.91. The summed E-state index contributed by atoms with van der Waals surface area (Å²) in [6, 6.07) is 0.386. The predicted octanol–water partition coefficient (Wildman–Crippen LogP) is 0.359. The van der Waals surface area contributed by atoms with Gasteiger partial charge in [0.2, 0.25) is 5.95 Å². The molecule has 0 spiro atoms. The van der Waals surface area contributed by atoms with Crippen LogP contribution in [0, 0.1) is 0 Å². The van der Waals surface area contributed by atoms with Crippen LogP contribution in [0.1, 0.15) is 29.9 Å². The average molecular weight is 180 g/mol. The number of primary amides is 1. The van der Waals surface area contributed by atoms with Crippen molar-refractivity contribution >= 4 is 11.9 Å². The SMILES string of the molecule is CC1CCNc2nc(C(N)=O)cn21. The van der Waals surface area contributed by atoms with Crippen LogP contribution in [0.3, 0.4) is 0 Å². The second-order valence-corrected chi connectivity index (χ2v) is 3.29. The van der Waals surface area contributed by atoms with Crippen LogP contribution in [0.2, 0.25) is 0 Å². The van der Waals surface area contributed by atoms with Crippen molar-refractivity contribution in [3.8, 4) is 0 Å². The largest absolute Gasteiger partial charge is 0.364 e. The van der Waals surface area contributed by atoms with Crippen molar-refractivity contribution in [1.29, 1.82) is 0 Å². The van der Waals surface area contributed by atoms with Gasteiger partial charge in [-0.3, -0.25) is 4.79 Å². The second kappa shape index (κ2) is 2.76. The van der Waals surface area contributed by atoms with Crippen LogP contribution >= 0.6 is 0 Å². The summed E-state index contributed by atoms with van der Waals surface area (Å²) in [6.45, 7) is 2.99. The fraction of sp³-hybridized carbons (Fsp3) is 0.500. The molecular weight excluding hydrogens is 168 g/mol. The molecule has 0 fully saturated rings. The summed E-state index contributed by atoms with van der Waals surface area (Å²) in [5.41, 5.74) is 5.46. The van der Waals surface area contributed by atoms with Crippen LogP contribution < -0.4 is 11.1 Å². The lowest BCUT2D eigenvalue weighted by molar-refractivity contribution is 0.0996. The topological polar surface area (TPSA) is 72.9 Å². The molecule has 70 valence electrons.